The van der Waals surface area contributed by atoms with E-state index in [2.05, 4.69) is 17.5 Å². The van der Waals surface area contributed by atoms with Crippen molar-refractivity contribution in [3.63, 3.8) is 0 Å². The lowest BCUT2D eigenvalue weighted by molar-refractivity contribution is -0.127. The lowest BCUT2D eigenvalue weighted by Gasteiger charge is -2.46. The normalized spacial score (nSPS) is 15.2. The van der Waals surface area contributed by atoms with E-state index in [-0.39, 0.29) is 19.0 Å². The SMILES string of the molecule is CSC1(C(=O)NC(C#N)Cc2ccc(-c3ccc(C#N)cc3)cc2)CN(C(=O)O)C1. The van der Waals surface area contributed by atoms with Gasteiger partial charge in [0.05, 0.1) is 17.7 Å². The van der Waals surface area contributed by atoms with Gasteiger partial charge >= 0.3 is 6.09 Å². The topological polar surface area (TPSA) is 117 Å². The first kappa shape index (κ1) is 21.2. The van der Waals surface area contributed by atoms with Crippen LogP contribution in [0.1, 0.15) is 11.1 Å². The summed E-state index contributed by atoms with van der Waals surface area (Å²) in [6.45, 7) is 0.236. The Labute approximate surface area is 178 Å². The Morgan fingerprint density at radius 1 is 1.13 bits per heavy atom. The molecule has 0 aliphatic carbocycles. The van der Waals surface area contributed by atoms with Crippen molar-refractivity contribution in [1.82, 2.24) is 10.2 Å². The van der Waals surface area contributed by atoms with Crippen LogP contribution in [0.4, 0.5) is 4.79 Å². The number of carbonyl (C=O) groups excluding carboxylic acids is 1. The zero-order chi connectivity index (χ0) is 21.7. The van der Waals surface area contributed by atoms with E-state index in [0.29, 0.717) is 12.0 Å². The Balaban J connectivity index is 1.63. The Morgan fingerprint density at radius 2 is 1.70 bits per heavy atom. The first-order valence-electron chi connectivity index (χ1n) is 9.24. The lowest BCUT2D eigenvalue weighted by Crippen LogP contribution is -2.68. The number of nitrogens with zero attached hydrogens (tertiary/aromatic N) is 3. The van der Waals surface area contributed by atoms with Crippen molar-refractivity contribution in [2.75, 3.05) is 19.3 Å². The van der Waals surface area contributed by atoms with Crippen LogP contribution in [0.3, 0.4) is 0 Å². The molecule has 0 spiro atoms. The Hall–Kier alpha value is -3.49. The second kappa shape index (κ2) is 8.89. The zero-order valence-electron chi connectivity index (χ0n) is 16.3. The number of benzene rings is 2. The molecule has 1 aliphatic rings. The summed E-state index contributed by atoms with van der Waals surface area (Å²) in [5.41, 5.74) is 3.48. The van der Waals surface area contributed by atoms with Gasteiger partial charge in [-0.3, -0.25) is 4.79 Å². The molecule has 0 radical (unpaired) electrons. The number of likely N-dealkylation sites (tertiary alicyclic amines) is 1. The number of amides is 2. The van der Waals surface area contributed by atoms with Crippen LogP contribution in [-0.4, -0.2) is 52.1 Å². The fourth-order valence-electron chi connectivity index (χ4n) is 3.30. The molecule has 30 heavy (non-hydrogen) atoms. The molecule has 1 fully saturated rings. The van der Waals surface area contributed by atoms with Gasteiger partial charge in [-0.1, -0.05) is 36.4 Å². The summed E-state index contributed by atoms with van der Waals surface area (Å²) in [7, 11) is 0. The van der Waals surface area contributed by atoms with E-state index in [4.69, 9.17) is 10.4 Å². The molecule has 2 aromatic carbocycles. The molecule has 1 aliphatic heterocycles. The molecule has 2 N–H and O–H groups in total. The predicted octanol–water partition coefficient (Wildman–Crippen LogP) is 2.87. The third-order valence-corrected chi connectivity index (χ3v) is 6.39. The van der Waals surface area contributed by atoms with Crippen molar-refractivity contribution in [3.8, 4) is 23.3 Å². The number of hydrogen-bond acceptors (Lipinski definition) is 5. The summed E-state index contributed by atoms with van der Waals surface area (Å²) in [6.07, 6.45) is 1.07. The number of rotatable bonds is 6. The molecule has 2 amide bonds. The van der Waals surface area contributed by atoms with Crippen molar-refractivity contribution >= 4 is 23.8 Å². The van der Waals surface area contributed by atoms with E-state index in [1.807, 2.05) is 36.4 Å². The van der Waals surface area contributed by atoms with E-state index in [1.165, 1.54) is 16.7 Å². The van der Waals surface area contributed by atoms with Crippen molar-refractivity contribution in [1.29, 1.82) is 10.5 Å². The minimum atomic E-state index is -1.05. The average Bonchev–Trinajstić information content (AvgIpc) is 2.73. The number of carbonyl (C=O) groups is 2. The van der Waals surface area contributed by atoms with Crippen molar-refractivity contribution < 1.29 is 14.7 Å². The Morgan fingerprint density at radius 3 is 2.17 bits per heavy atom. The van der Waals surface area contributed by atoms with Gasteiger partial charge in [0, 0.05) is 19.5 Å². The van der Waals surface area contributed by atoms with Gasteiger partial charge in [0.1, 0.15) is 10.8 Å². The summed E-state index contributed by atoms with van der Waals surface area (Å²) < 4.78 is -0.840. The number of hydrogen-bond donors (Lipinski definition) is 2. The van der Waals surface area contributed by atoms with Gasteiger partial charge in [0.15, 0.2) is 0 Å². The van der Waals surface area contributed by atoms with E-state index in [1.54, 1.807) is 18.4 Å². The van der Waals surface area contributed by atoms with Gasteiger partial charge in [-0.2, -0.15) is 10.5 Å². The highest BCUT2D eigenvalue weighted by Gasteiger charge is 2.51. The summed E-state index contributed by atoms with van der Waals surface area (Å²) >= 11 is 1.30. The minimum absolute atomic E-state index is 0.118. The Kier molecular flexibility index (Phi) is 6.29. The summed E-state index contributed by atoms with van der Waals surface area (Å²) in [4.78, 5) is 24.9. The molecule has 152 valence electrons. The molecule has 0 saturated carbocycles. The molecular formula is C22H20N4O3S. The van der Waals surface area contributed by atoms with E-state index in [0.717, 1.165) is 16.7 Å². The highest BCUT2D eigenvalue weighted by atomic mass is 32.2. The van der Waals surface area contributed by atoms with Gasteiger partial charge in [-0.25, -0.2) is 4.79 Å². The molecule has 0 aromatic heterocycles. The van der Waals surface area contributed by atoms with Crippen LogP contribution in [0.25, 0.3) is 11.1 Å². The van der Waals surface area contributed by atoms with Gasteiger partial charge in [0.25, 0.3) is 0 Å². The molecule has 1 atom stereocenters. The highest BCUT2D eigenvalue weighted by molar-refractivity contribution is 8.00. The summed E-state index contributed by atoms with van der Waals surface area (Å²) in [5.74, 6) is -0.312. The number of nitrogens with one attached hydrogen (secondary N) is 1. The summed E-state index contributed by atoms with van der Waals surface area (Å²) in [6, 6.07) is 18.5. The Bertz CT molecular complexity index is 1020. The van der Waals surface area contributed by atoms with Crippen LogP contribution in [0.2, 0.25) is 0 Å². The molecule has 7 nitrogen and oxygen atoms in total. The quantitative estimate of drug-likeness (QED) is 0.742. The highest BCUT2D eigenvalue weighted by Crippen LogP contribution is 2.34. The monoisotopic (exact) mass is 420 g/mol. The van der Waals surface area contributed by atoms with E-state index >= 15 is 0 Å². The third-order valence-electron chi connectivity index (χ3n) is 5.17. The molecule has 1 saturated heterocycles. The zero-order valence-corrected chi connectivity index (χ0v) is 17.1. The van der Waals surface area contributed by atoms with Crippen molar-refractivity contribution in [3.05, 3.63) is 59.7 Å². The first-order chi connectivity index (χ1) is 14.4. The van der Waals surface area contributed by atoms with Crippen LogP contribution in [-0.2, 0) is 11.2 Å². The predicted molar refractivity (Wildman–Crippen MR) is 114 cm³/mol. The molecule has 8 heteroatoms. The average molecular weight is 420 g/mol. The second-order valence-electron chi connectivity index (χ2n) is 7.08. The number of nitriles is 2. The molecule has 0 bridgehead atoms. The van der Waals surface area contributed by atoms with E-state index in [9.17, 15) is 14.9 Å². The summed E-state index contributed by atoms with van der Waals surface area (Å²) in [5, 5.41) is 30.1. The smallest absolute Gasteiger partial charge is 0.407 e. The number of thioether (sulfide) groups is 1. The molecule has 2 aromatic rings. The first-order valence-corrected chi connectivity index (χ1v) is 10.5. The van der Waals surface area contributed by atoms with Gasteiger partial charge in [0.2, 0.25) is 5.91 Å². The van der Waals surface area contributed by atoms with E-state index < -0.39 is 16.9 Å². The number of carboxylic acid groups (broad SMARTS) is 1. The van der Waals surface area contributed by atoms with Crippen LogP contribution in [0.15, 0.2) is 48.5 Å². The fourth-order valence-corrected chi connectivity index (χ4v) is 4.11. The maximum absolute atomic E-state index is 12.7. The molecule has 1 heterocycles. The molecular weight excluding hydrogens is 400 g/mol. The largest absolute Gasteiger partial charge is 0.465 e. The van der Waals surface area contributed by atoms with Crippen LogP contribution >= 0.6 is 11.8 Å². The second-order valence-corrected chi connectivity index (χ2v) is 8.27. The minimum Gasteiger partial charge on any atom is -0.465 e. The lowest BCUT2D eigenvalue weighted by atomic mass is 9.96. The van der Waals surface area contributed by atoms with Crippen LogP contribution < -0.4 is 5.32 Å². The van der Waals surface area contributed by atoms with Crippen molar-refractivity contribution in [2.24, 2.45) is 0 Å². The molecule has 1 unspecified atom stereocenters. The maximum atomic E-state index is 12.7. The third kappa shape index (κ3) is 4.40. The maximum Gasteiger partial charge on any atom is 0.407 e. The van der Waals surface area contributed by atoms with Crippen LogP contribution in [0.5, 0.6) is 0 Å². The standard InChI is InChI=1S/C22H20N4O3S/c1-30-22(13-26(14-22)21(28)29)20(27)25-19(12-24)10-15-2-6-17(7-3-15)18-8-4-16(11-23)5-9-18/h2-9,19H,10,13-14H2,1H3,(H,25,27)(H,28,29). The van der Waals surface area contributed by atoms with Crippen LogP contribution in [0, 0.1) is 22.7 Å². The fraction of sp³-hybridized carbons (Fsp3) is 0.273. The van der Waals surface area contributed by atoms with Gasteiger partial charge < -0.3 is 15.3 Å². The van der Waals surface area contributed by atoms with Gasteiger partial charge in [-0.15, -0.1) is 11.8 Å². The van der Waals surface area contributed by atoms with Crippen molar-refractivity contribution in [2.45, 2.75) is 17.2 Å². The van der Waals surface area contributed by atoms with Gasteiger partial charge in [-0.05, 0) is 35.1 Å². The molecule has 3 rings (SSSR count).